The summed E-state index contributed by atoms with van der Waals surface area (Å²) in [5.74, 6) is -0.215. The van der Waals surface area contributed by atoms with Gasteiger partial charge < -0.3 is 11.1 Å². The molecule has 0 heterocycles. The molecule has 22 heavy (non-hydrogen) atoms. The standard InChI is InChI=1S/C15H21F3N2O.ClH/c1-3-14(4-2,10-19)13(21)20-9-11-6-5-7-12(8-11)15(16,17)18;/h5-8H,3-4,9-10,19H2,1-2H3,(H,20,21);1H. The second kappa shape index (κ2) is 8.39. The van der Waals surface area contributed by atoms with Crippen molar-refractivity contribution in [3.05, 3.63) is 35.4 Å². The van der Waals surface area contributed by atoms with Gasteiger partial charge in [0.15, 0.2) is 0 Å². The summed E-state index contributed by atoms with van der Waals surface area (Å²) in [4.78, 5) is 12.2. The van der Waals surface area contributed by atoms with Crippen LogP contribution in [0.15, 0.2) is 24.3 Å². The Hall–Kier alpha value is -1.27. The zero-order valence-corrected chi connectivity index (χ0v) is 13.5. The maximum absolute atomic E-state index is 12.6. The average Bonchev–Trinajstić information content (AvgIpc) is 2.47. The zero-order chi connectivity index (χ0) is 16.1. The largest absolute Gasteiger partial charge is 0.416 e. The maximum Gasteiger partial charge on any atom is 0.416 e. The Morgan fingerprint density at radius 1 is 1.23 bits per heavy atom. The molecule has 0 radical (unpaired) electrons. The summed E-state index contributed by atoms with van der Waals surface area (Å²) >= 11 is 0. The van der Waals surface area contributed by atoms with E-state index in [1.165, 1.54) is 6.07 Å². The Labute approximate surface area is 134 Å². The molecule has 3 N–H and O–H groups in total. The number of rotatable bonds is 6. The molecule has 3 nitrogen and oxygen atoms in total. The fourth-order valence-corrected chi connectivity index (χ4v) is 2.18. The highest BCUT2D eigenvalue weighted by Crippen LogP contribution is 2.29. The summed E-state index contributed by atoms with van der Waals surface area (Å²) in [5.41, 5.74) is 4.72. The number of benzene rings is 1. The first-order valence-corrected chi connectivity index (χ1v) is 6.93. The molecule has 0 aromatic heterocycles. The Kier molecular flexibility index (Phi) is 7.90. The molecule has 7 heteroatoms. The predicted octanol–water partition coefficient (Wildman–Crippen LogP) is 3.51. The molecular weight excluding hydrogens is 317 g/mol. The second-order valence-corrected chi connectivity index (χ2v) is 5.07. The smallest absolute Gasteiger partial charge is 0.352 e. The quantitative estimate of drug-likeness (QED) is 0.834. The van der Waals surface area contributed by atoms with Gasteiger partial charge in [-0.25, -0.2) is 0 Å². The molecule has 0 bridgehead atoms. The molecule has 0 aliphatic heterocycles. The number of carbonyl (C=O) groups excluding carboxylic acids is 1. The molecule has 0 aliphatic rings. The molecular formula is C15H22ClF3N2O. The van der Waals surface area contributed by atoms with Crippen molar-refractivity contribution in [1.29, 1.82) is 0 Å². The van der Waals surface area contributed by atoms with E-state index in [-0.39, 0.29) is 31.4 Å². The third kappa shape index (κ3) is 4.88. The number of hydrogen-bond donors (Lipinski definition) is 2. The highest BCUT2D eigenvalue weighted by Gasteiger charge is 2.33. The summed E-state index contributed by atoms with van der Waals surface area (Å²) in [6.07, 6.45) is -3.20. The summed E-state index contributed by atoms with van der Waals surface area (Å²) in [6, 6.07) is 4.94. The van der Waals surface area contributed by atoms with Crippen molar-refractivity contribution in [3.8, 4) is 0 Å². The monoisotopic (exact) mass is 338 g/mol. The molecule has 1 rings (SSSR count). The van der Waals surface area contributed by atoms with E-state index in [1.807, 2.05) is 13.8 Å². The van der Waals surface area contributed by atoms with Gasteiger partial charge in [0, 0.05) is 13.1 Å². The fourth-order valence-electron chi connectivity index (χ4n) is 2.18. The van der Waals surface area contributed by atoms with Crippen LogP contribution < -0.4 is 11.1 Å². The maximum atomic E-state index is 12.6. The minimum Gasteiger partial charge on any atom is -0.352 e. The Morgan fingerprint density at radius 2 is 1.82 bits per heavy atom. The lowest BCUT2D eigenvalue weighted by Gasteiger charge is -2.28. The van der Waals surface area contributed by atoms with Crippen LogP contribution in [0.5, 0.6) is 0 Å². The van der Waals surface area contributed by atoms with E-state index in [4.69, 9.17) is 5.73 Å². The molecule has 126 valence electrons. The summed E-state index contributed by atoms with van der Waals surface area (Å²) < 4.78 is 37.8. The Bertz CT molecular complexity index is 480. The highest BCUT2D eigenvalue weighted by molar-refractivity contribution is 5.85. The first-order valence-electron chi connectivity index (χ1n) is 6.93. The Morgan fingerprint density at radius 3 is 2.27 bits per heavy atom. The van der Waals surface area contributed by atoms with E-state index in [1.54, 1.807) is 6.07 Å². The molecule has 0 saturated carbocycles. The number of nitrogens with one attached hydrogen (secondary N) is 1. The average molecular weight is 339 g/mol. The van der Waals surface area contributed by atoms with E-state index in [2.05, 4.69) is 5.32 Å². The van der Waals surface area contributed by atoms with Crippen LogP contribution in [0.4, 0.5) is 13.2 Å². The fraction of sp³-hybridized carbons (Fsp3) is 0.533. The van der Waals surface area contributed by atoms with Crippen LogP contribution in [0.2, 0.25) is 0 Å². The van der Waals surface area contributed by atoms with Crippen molar-refractivity contribution in [2.24, 2.45) is 11.1 Å². The van der Waals surface area contributed by atoms with Crippen molar-refractivity contribution in [3.63, 3.8) is 0 Å². The lowest BCUT2D eigenvalue weighted by atomic mass is 9.81. The molecule has 1 aromatic rings. The van der Waals surface area contributed by atoms with Gasteiger partial charge in [0.05, 0.1) is 11.0 Å². The minimum atomic E-state index is -4.38. The van der Waals surface area contributed by atoms with Crippen LogP contribution in [0, 0.1) is 5.41 Å². The first kappa shape index (κ1) is 20.7. The number of alkyl halides is 3. The normalized spacial score (nSPS) is 11.7. The number of amides is 1. The summed E-state index contributed by atoms with van der Waals surface area (Å²) in [5, 5.41) is 2.69. The van der Waals surface area contributed by atoms with Gasteiger partial charge >= 0.3 is 6.18 Å². The van der Waals surface area contributed by atoms with E-state index in [9.17, 15) is 18.0 Å². The van der Waals surface area contributed by atoms with Gasteiger partial charge in [-0.15, -0.1) is 12.4 Å². The van der Waals surface area contributed by atoms with Gasteiger partial charge in [0.2, 0.25) is 5.91 Å². The molecule has 0 spiro atoms. The number of nitrogens with two attached hydrogens (primary N) is 1. The molecule has 1 aromatic carbocycles. The second-order valence-electron chi connectivity index (χ2n) is 5.07. The van der Waals surface area contributed by atoms with Crippen LogP contribution in [0.1, 0.15) is 37.8 Å². The van der Waals surface area contributed by atoms with E-state index in [0.717, 1.165) is 12.1 Å². The van der Waals surface area contributed by atoms with Crippen molar-refractivity contribution in [2.45, 2.75) is 39.4 Å². The molecule has 0 fully saturated rings. The van der Waals surface area contributed by atoms with Crippen LogP contribution in [-0.4, -0.2) is 12.5 Å². The molecule has 0 aliphatic carbocycles. The SMILES string of the molecule is CCC(CC)(CN)C(=O)NCc1cccc(C(F)(F)F)c1.Cl. The minimum absolute atomic E-state index is 0. The van der Waals surface area contributed by atoms with Crippen LogP contribution >= 0.6 is 12.4 Å². The van der Waals surface area contributed by atoms with Gasteiger partial charge in [-0.05, 0) is 30.5 Å². The first-order chi connectivity index (χ1) is 9.79. The van der Waals surface area contributed by atoms with Crippen LogP contribution in [0.3, 0.4) is 0 Å². The van der Waals surface area contributed by atoms with Crippen molar-refractivity contribution in [1.82, 2.24) is 5.32 Å². The highest BCUT2D eigenvalue weighted by atomic mass is 35.5. The van der Waals surface area contributed by atoms with Crippen LogP contribution in [-0.2, 0) is 17.5 Å². The van der Waals surface area contributed by atoms with Crippen molar-refractivity contribution >= 4 is 18.3 Å². The number of hydrogen-bond acceptors (Lipinski definition) is 2. The van der Waals surface area contributed by atoms with Crippen molar-refractivity contribution < 1.29 is 18.0 Å². The van der Waals surface area contributed by atoms with E-state index in [0.29, 0.717) is 18.4 Å². The van der Waals surface area contributed by atoms with Gasteiger partial charge in [-0.3, -0.25) is 4.79 Å². The van der Waals surface area contributed by atoms with E-state index >= 15 is 0 Å². The Balaban J connectivity index is 0.00000441. The van der Waals surface area contributed by atoms with Gasteiger partial charge in [0.25, 0.3) is 0 Å². The number of halogens is 4. The lowest BCUT2D eigenvalue weighted by Crippen LogP contribution is -2.45. The summed E-state index contributed by atoms with van der Waals surface area (Å²) in [7, 11) is 0. The van der Waals surface area contributed by atoms with Crippen molar-refractivity contribution in [2.75, 3.05) is 6.54 Å². The van der Waals surface area contributed by atoms with Gasteiger partial charge in [-0.1, -0.05) is 26.0 Å². The molecule has 0 saturated heterocycles. The summed E-state index contributed by atoms with van der Waals surface area (Å²) in [6.45, 7) is 4.03. The molecule has 0 unspecified atom stereocenters. The van der Waals surface area contributed by atoms with E-state index < -0.39 is 17.2 Å². The topological polar surface area (TPSA) is 55.1 Å². The predicted molar refractivity (Wildman–Crippen MR) is 82.6 cm³/mol. The zero-order valence-electron chi connectivity index (χ0n) is 12.7. The molecule has 0 atom stereocenters. The van der Waals surface area contributed by atoms with Crippen LogP contribution in [0.25, 0.3) is 0 Å². The number of carbonyl (C=O) groups is 1. The third-order valence-corrected chi connectivity index (χ3v) is 3.93. The van der Waals surface area contributed by atoms with Gasteiger partial charge in [-0.2, -0.15) is 13.2 Å². The third-order valence-electron chi connectivity index (χ3n) is 3.93. The van der Waals surface area contributed by atoms with Gasteiger partial charge in [0.1, 0.15) is 0 Å². The lowest BCUT2D eigenvalue weighted by molar-refractivity contribution is -0.137. The molecule has 1 amide bonds.